The van der Waals surface area contributed by atoms with Gasteiger partial charge in [-0.25, -0.2) is 4.79 Å². The third-order valence-electron chi connectivity index (χ3n) is 4.27. The van der Waals surface area contributed by atoms with Crippen molar-refractivity contribution >= 4 is 24.3 Å². The number of ether oxygens (including phenoxy) is 2. The van der Waals surface area contributed by atoms with E-state index in [1.807, 2.05) is 0 Å². The van der Waals surface area contributed by atoms with Gasteiger partial charge in [0.15, 0.2) is 12.9 Å². The largest absolute Gasteiger partial charge is 0.485 e. The smallest absolute Gasteiger partial charge is 0.338 e. The molecular weight excluding hydrogens is 360 g/mol. The fourth-order valence-corrected chi connectivity index (χ4v) is 2.91. The Hall–Kier alpha value is -3.80. The number of benzene rings is 1. The second kappa shape index (κ2) is 8.26. The Morgan fingerprint density at radius 3 is 2.25 bits per heavy atom. The lowest BCUT2D eigenvalue weighted by atomic mass is 10.1. The monoisotopic (exact) mass is 376 g/mol. The third kappa shape index (κ3) is 3.66. The van der Waals surface area contributed by atoms with Crippen LogP contribution in [0, 0.1) is 0 Å². The Morgan fingerprint density at radius 1 is 0.893 bits per heavy atom. The molecule has 0 aliphatic heterocycles. The molecule has 3 rings (SSSR count). The van der Waals surface area contributed by atoms with Gasteiger partial charge in [0.2, 0.25) is 5.78 Å². The van der Waals surface area contributed by atoms with Gasteiger partial charge in [0.05, 0.1) is 18.2 Å². The van der Waals surface area contributed by atoms with Gasteiger partial charge in [-0.05, 0) is 35.4 Å². The van der Waals surface area contributed by atoms with Gasteiger partial charge >= 0.3 is 5.97 Å². The zero-order valence-electron chi connectivity index (χ0n) is 15.0. The second-order valence-corrected chi connectivity index (χ2v) is 5.95. The number of Topliss-reactive ketones (excluding diaryl/α,β-unsaturated/α-hetero) is 1. The number of carbonyl (C=O) groups excluding carboxylic acids is 4. The van der Waals surface area contributed by atoms with E-state index >= 15 is 0 Å². The minimum Gasteiger partial charge on any atom is -0.485 e. The number of rotatable bonds is 7. The van der Waals surface area contributed by atoms with Crippen LogP contribution in [0.15, 0.2) is 54.6 Å². The van der Waals surface area contributed by atoms with Crippen LogP contribution >= 0.6 is 0 Å². The van der Waals surface area contributed by atoms with Crippen molar-refractivity contribution in [3.8, 4) is 16.9 Å². The summed E-state index contributed by atoms with van der Waals surface area (Å²) >= 11 is 0. The number of carbonyl (C=O) groups is 4. The van der Waals surface area contributed by atoms with E-state index in [9.17, 15) is 19.2 Å². The van der Waals surface area contributed by atoms with Crippen LogP contribution in [0.3, 0.4) is 0 Å². The highest BCUT2D eigenvalue weighted by Gasteiger charge is 2.24. The van der Waals surface area contributed by atoms with E-state index in [0.29, 0.717) is 40.4 Å². The Labute approximate surface area is 161 Å². The molecular formula is C22H16O6. The molecule has 6 heteroatoms. The van der Waals surface area contributed by atoms with E-state index in [0.717, 1.165) is 0 Å². The van der Waals surface area contributed by atoms with E-state index in [1.165, 1.54) is 31.4 Å². The highest BCUT2D eigenvalue weighted by atomic mass is 16.5. The van der Waals surface area contributed by atoms with E-state index in [-0.39, 0.29) is 23.7 Å². The summed E-state index contributed by atoms with van der Waals surface area (Å²) in [6.45, 7) is -0.334. The Morgan fingerprint density at radius 2 is 1.61 bits per heavy atom. The van der Waals surface area contributed by atoms with Crippen molar-refractivity contribution in [2.24, 2.45) is 0 Å². The van der Waals surface area contributed by atoms with Gasteiger partial charge in [0.25, 0.3) is 0 Å². The maximum absolute atomic E-state index is 12.8. The predicted molar refractivity (Wildman–Crippen MR) is 101 cm³/mol. The predicted octanol–water partition coefficient (Wildman–Crippen LogP) is 3.46. The van der Waals surface area contributed by atoms with Crippen LogP contribution in [0.2, 0.25) is 0 Å². The number of fused-ring (bicyclic) bond motifs is 1. The van der Waals surface area contributed by atoms with Crippen LogP contribution in [0.25, 0.3) is 11.1 Å². The normalized spacial score (nSPS) is 10.3. The molecule has 0 saturated carbocycles. The standard InChI is InChI=1S/C22H16O6/c1-27-22(26)19-10-18(16-5-3-2-4-6-17(16)19)20(25)13-28-21-8-7-14(11-23)9-15(21)12-24/h2-12H,13H2,1H3. The van der Waals surface area contributed by atoms with Gasteiger partial charge in [-0.1, -0.05) is 30.3 Å². The quantitative estimate of drug-likeness (QED) is 0.357. The molecule has 1 aromatic carbocycles. The lowest BCUT2D eigenvalue weighted by Gasteiger charge is -2.08. The molecule has 28 heavy (non-hydrogen) atoms. The minimum absolute atomic E-state index is 0.173. The van der Waals surface area contributed by atoms with E-state index in [4.69, 9.17) is 9.47 Å². The molecule has 0 amide bonds. The van der Waals surface area contributed by atoms with Gasteiger partial charge in [0, 0.05) is 11.1 Å². The van der Waals surface area contributed by atoms with Gasteiger partial charge in [-0.15, -0.1) is 0 Å². The van der Waals surface area contributed by atoms with Crippen LogP contribution in [0.1, 0.15) is 41.4 Å². The first-order valence-electron chi connectivity index (χ1n) is 8.39. The molecule has 0 unspecified atom stereocenters. The molecule has 0 atom stereocenters. The summed E-state index contributed by atoms with van der Waals surface area (Å²) < 4.78 is 10.3. The van der Waals surface area contributed by atoms with E-state index in [2.05, 4.69) is 0 Å². The SMILES string of the molecule is COC(=O)c1cc(C(=O)COc2ccc(C=O)cc2C=O)c2cccccc1-2. The van der Waals surface area contributed by atoms with Crippen molar-refractivity contribution in [3.05, 3.63) is 76.9 Å². The van der Waals surface area contributed by atoms with E-state index < -0.39 is 5.97 Å². The Bertz CT molecular complexity index is 1040. The molecule has 0 fully saturated rings. The van der Waals surface area contributed by atoms with Gasteiger partial charge in [0.1, 0.15) is 12.0 Å². The first kappa shape index (κ1) is 19.0. The van der Waals surface area contributed by atoms with Crippen LogP contribution in [-0.4, -0.2) is 38.0 Å². The highest BCUT2D eigenvalue weighted by Crippen LogP contribution is 2.33. The van der Waals surface area contributed by atoms with Crippen molar-refractivity contribution < 1.29 is 28.7 Å². The van der Waals surface area contributed by atoms with Gasteiger partial charge < -0.3 is 9.47 Å². The summed E-state index contributed by atoms with van der Waals surface area (Å²) in [5.41, 5.74) is 2.32. The molecule has 6 nitrogen and oxygen atoms in total. The first-order valence-corrected chi connectivity index (χ1v) is 8.39. The highest BCUT2D eigenvalue weighted by molar-refractivity contribution is 6.10. The number of aldehydes is 2. The molecule has 140 valence electrons. The fraction of sp³-hybridized carbons (Fsp3) is 0.0909. The number of methoxy groups -OCH3 is 1. The Kier molecular flexibility index (Phi) is 5.60. The number of hydrogen-bond acceptors (Lipinski definition) is 6. The Balaban J connectivity index is 1.90. The summed E-state index contributed by atoms with van der Waals surface area (Å²) in [5, 5.41) is 0. The summed E-state index contributed by atoms with van der Waals surface area (Å²) in [6, 6.07) is 14.6. The van der Waals surface area contributed by atoms with Crippen LogP contribution in [-0.2, 0) is 4.74 Å². The topological polar surface area (TPSA) is 86.7 Å². The number of ketones is 1. The average molecular weight is 376 g/mol. The lowest BCUT2D eigenvalue weighted by molar-refractivity contribution is 0.0602. The molecule has 2 aliphatic carbocycles. The van der Waals surface area contributed by atoms with Crippen molar-refractivity contribution in [1.29, 1.82) is 0 Å². The van der Waals surface area contributed by atoms with Crippen molar-refractivity contribution in [2.45, 2.75) is 0 Å². The third-order valence-corrected chi connectivity index (χ3v) is 4.27. The molecule has 0 saturated heterocycles. The van der Waals surface area contributed by atoms with E-state index in [1.54, 1.807) is 30.3 Å². The lowest BCUT2D eigenvalue weighted by Crippen LogP contribution is -2.12. The fourth-order valence-electron chi connectivity index (χ4n) is 2.91. The average Bonchev–Trinajstić information content (AvgIpc) is 2.92. The maximum atomic E-state index is 12.8. The minimum atomic E-state index is -0.538. The van der Waals surface area contributed by atoms with Crippen LogP contribution in [0.5, 0.6) is 5.75 Å². The van der Waals surface area contributed by atoms with Gasteiger partial charge in [-0.2, -0.15) is 0 Å². The number of esters is 1. The van der Waals surface area contributed by atoms with Crippen LogP contribution in [0.4, 0.5) is 0 Å². The molecule has 0 bridgehead atoms. The van der Waals surface area contributed by atoms with Gasteiger partial charge in [-0.3, -0.25) is 14.4 Å². The molecule has 1 aromatic rings. The molecule has 0 radical (unpaired) electrons. The summed E-state index contributed by atoms with van der Waals surface area (Å²) in [7, 11) is 1.28. The molecule has 0 N–H and O–H groups in total. The zero-order chi connectivity index (χ0) is 20.1. The summed E-state index contributed by atoms with van der Waals surface area (Å²) in [4.78, 5) is 46.8. The molecule has 0 spiro atoms. The number of hydrogen-bond donors (Lipinski definition) is 0. The molecule has 0 aromatic heterocycles. The van der Waals surface area contributed by atoms with Crippen molar-refractivity contribution in [1.82, 2.24) is 0 Å². The van der Waals surface area contributed by atoms with Crippen molar-refractivity contribution in [2.75, 3.05) is 13.7 Å². The van der Waals surface area contributed by atoms with Crippen molar-refractivity contribution in [3.63, 3.8) is 0 Å². The van der Waals surface area contributed by atoms with Crippen LogP contribution < -0.4 is 4.74 Å². The molecule has 2 aliphatic rings. The summed E-state index contributed by atoms with van der Waals surface area (Å²) in [6.07, 6.45) is 1.17. The summed E-state index contributed by atoms with van der Waals surface area (Å²) in [5.74, 6) is -0.699. The maximum Gasteiger partial charge on any atom is 0.338 e. The second-order valence-electron chi connectivity index (χ2n) is 5.95. The molecule has 0 heterocycles. The zero-order valence-corrected chi connectivity index (χ0v) is 15.0. The first-order chi connectivity index (χ1) is 13.6.